The van der Waals surface area contributed by atoms with Gasteiger partial charge >= 0.3 is 0 Å². The van der Waals surface area contributed by atoms with Crippen molar-refractivity contribution < 1.29 is 4.79 Å². The standard InChI is InChI=1S/C15H16N4O/c1-19-10-7-12(18-19)6-9-17-15(20)13-4-2-3-11-5-8-16-14(11)13/h2-5,7-8,10,16H,6,9H2,1H3,(H,17,20). The molecular formula is C15H16N4O. The van der Waals surface area contributed by atoms with Crippen LogP contribution in [0, 0.1) is 0 Å². The molecule has 0 fully saturated rings. The summed E-state index contributed by atoms with van der Waals surface area (Å²) >= 11 is 0. The van der Waals surface area contributed by atoms with E-state index in [1.807, 2.05) is 49.8 Å². The van der Waals surface area contributed by atoms with Crippen LogP contribution in [0.5, 0.6) is 0 Å². The molecule has 2 heterocycles. The second-order valence-corrected chi connectivity index (χ2v) is 4.73. The van der Waals surface area contributed by atoms with Gasteiger partial charge in [-0.3, -0.25) is 9.48 Å². The van der Waals surface area contributed by atoms with Crippen molar-refractivity contribution in [3.05, 3.63) is 54.0 Å². The van der Waals surface area contributed by atoms with Crippen molar-refractivity contribution in [2.45, 2.75) is 6.42 Å². The monoisotopic (exact) mass is 268 g/mol. The zero-order valence-corrected chi connectivity index (χ0v) is 11.3. The van der Waals surface area contributed by atoms with Gasteiger partial charge in [0.2, 0.25) is 0 Å². The number of carbonyl (C=O) groups is 1. The second kappa shape index (κ2) is 5.21. The molecule has 0 aliphatic rings. The normalized spacial score (nSPS) is 10.8. The molecule has 2 N–H and O–H groups in total. The van der Waals surface area contributed by atoms with E-state index in [-0.39, 0.29) is 5.91 Å². The number of nitrogens with one attached hydrogen (secondary N) is 2. The highest BCUT2D eigenvalue weighted by atomic mass is 16.1. The largest absolute Gasteiger partial charge is 0.361 e. The predicted octanol–water partition coefficient (Wildman–Crippen LogP) is 1.87. The van der Waals surface area contributed by atoms with E-state index in [1.165, 1.54) is 0 Å². The summed E-state index contributed by atoms with van der Waals surface area (Å²) in [7, 11) is 1.88. The van der Waals surface area contributed by atoms with Gasteiger partial charge in [0.1, 0.15) is 0 Å². The lowest BCUT2D eigenvalue weighted by atomic mass is 10.1. The minimum atomic E-state index is -0.0611. The first kappa shape index (κ1) is 12.5. The molecule has 3 aromatic rings. The Morgan fingerprint density at radius 1 is 1.35 bits per heavy atom. The number of fused-ring (bicyclic) bond motifs is 1. The van der Waals surface area contributed by atoms with Crippen molar-refractivity contribution in [3.63, 3.8) is 0 Å². The van der Waals surface area contributed by atoms with Gasteiger partial charge in [0.25, 0.3) is 5.91 Å². The lowest BCUT2D eigenvalue weighted by Gasteiger charge is -2.05. The summed E-state index contributed by atoms with van der Waals surface area (Å²) in [6.45, 7) is 0.576. The molecule has 20 heavy (non-hydrogen) atoms. The van der Waals surface area contributed by atoms with Gasteiger partial charge in [-0.05, 0) is 18.2 Å². The lowest BCUT2D eigenvalue weighted by Crippen LogP contribution is -2.26. The molecule has 1 aromatic carbocycles. The van der Waals surface area contributed by atoms with Gasteiger partial charge in [0, 0.05) is 37.8 Å². The summed E-state index contributed by atoms with van der Waals surface area (Å²) in [4.78, 5) is 15.3. The van der Waals surface area contributed by atoms with Crippen LogP contribution < -0.4 is 5.32 Å². The number of aryl methyl sites for hydroxylation is 1. The lowest BCUT2D eigenvalue weighted by molar-refractivity contribution is 0.0955. The number of benzene rings is 1. The van der Waals surface area contributed by atoms with Crippen molar-refractivity contribution in [2.75, 3.05) is 6.54 Å². The number of H-pyrrole nitrogens is 1. The molecule has 5 heteroatoms. The molecule has 0 saturated heterocycles. The molecule has 0 bridgehead atoms. The summed E-state index contributed by atoms with van der Waals surface area (Å²) in [5, 5.41) is 8.26. The van der Waals surface area contributed by atoms with Crippen molar-refractivity contribution in [3.8, 4) is 0 Å². The minimum absolute atomic E-state index is 0.0611. The maximum absolute atomic E-state index is 12.2. The maximum atomic E-state index is 12.2. The van der Waals surface area contributed by atoms with Gasteiger partial charge in [-0.1, -0.05) is 12.1 Å². The average Bonchev–Trinajstić information content (AvgIpc) is 3.06. The number of rotatable bonds is 4. The van der Waals surface area contributed by atoms with E-state index < -0.39 is 0 Å². The van der Waals surface area contributed by atoms with Gasteiger partial charge in [-0.2, -0.15) is 5.10 Å². The highest BCUT2D eigenvalue weighted by Crippen LogP contribution is 2.16. The molecule has 5 nitrogen and oxygen atoms in total. The van der Waals surface area contributed by atoms with Crippen LogP contribution >= 0.6 is 0 Å². The van der Waals surface area contributed by atoms with E-state index in [1.54, 1.807) is 4.68 Å². The molecule has 102 valence electrons. The number of hydrogen-bond acceptors (Lipinski definition) is 2. The van der Waals surface area contributed by atoms with Crippen LogP contribution in [-0.4, -0.2) is 27.2 Å². The highest BCUT2D eigenvalue weighted by molar-refractivity contribution is 6.05. The number of aromatic nitrogens is 3. The number of nitrogens with zero attached hydrogens (tertiary/aromatic N) is 2. The number of para-hydroxylation sites is 1. The van der Waals surface area contributed by atoms with Gasteiger partial charge in [0.15, 0.2) is 0 Å². The highest BCUT2D eigenvalue weighted by Gasteiger charge is 2.10. The third-order valence-electron chi connectivity index (χ3n) is 3.27. The van der Waals surface area contributed by atoms with Crippen LogP contribution in [0.15, 0.2) is 42.7 Å². The molecule has 0 spiro atoms. The molecule has 0 saturated carbocycles. The maximum Gasteiger partial charge on any atom is 0.253 e. The van der Waals surface area contributed by atoms with Crippen molar-refractivity contribution >= 4 is 16.8 Å². The molecule has 0 radical (unpaired) electrons. The summed E-state index contributed by atoms with van der Waals surface area (Å²) in [6, 6.07) is 9.62. The third kappa shape index (κ3) is 2.42. The molecule has 0 aliphatic carbocycles. The van der Waals surface area contributed by atoms with Crippen LogP contribution in [-0.2, 0) is 13.5 Å². The molecule has 3 rings (SSSR count). The first-order chi connectivity index (χ1) is 9.74. The SMILES string of the molecule is Cn1ccc(CCNC(=O)c2cccc3cc[nH]c23)n1. The quantitative estimate of drug-likeness (QED) is 0.759. The van der Waals surface area contributed by atoms with Gasteiger partial charge in [0.05, 0.1) is 16.8 Å². The smallest absolute Gasteiger partial charge is 0.253 e. The zero-order valence-electron chi connectivity index (χ0n) is 11.3. The first-order valence-electron chi connectivity index (χ1n) is 6.57. The van der Waals surface area contributed by atoms with Gasteiger partial charge in [-0.25, -0.2) is 0 Å². The van der Waals surface area contributed by atoms with Crippen LogP contribution in [0.25, 0.3) is 10.9 Å². The van der Waals surface area contributed by atoms with E-state index >= 15 is 0 Å². The fourth-order valence-electron chi connectivity index (χ4n) is 2.27. The van der Waals surface area contributed by atoms with E-state index in [9.17, 15) is 4.79 Å². The molecular weight excluding hydrogens is 252 g/mol. The predicted molar refractivity (Wildman–Crippen MR) is 77.5 cm³/mol. The van der Waals surface area contributed by atoms with Crippen molar-refractivity contribution in [2.24, 2.45) is 7.05 Å². The number of aromatic amines is 1. The Hall–Kier alpha value is -2.56. The number of carbonyl (C=O) groups excluding carboxylic acids is 1. The van der Waals surface area contributed by atoms with Crippen LogP contribution in [0.1, 0.15) is 16.1 Å². The van der Waals surface area contributed by atoms with Crippen LogP contribution in [0.3, 0.4) is 0 Å². The second-order valence-electron chi connectivity index (χ2n) is 4.73. The van der Waals surface area contributed by atoms with Crippen LogP contribution in [0.4, 0.5) is 0 Å². The van der Waals surface area contributed by atoms with Crippen LogP contribution in [0.2, 0.25) is 0 Å². The molecule has 0 atom stereocenters. The summed E-state index contributed by atoms with van der Waals surface area (Å²) in [5.41, 5.74) is 2.53. The number of amides is 1. The average molecular weight is 268 g/mol. The topological polar surface area (TPSA) is 62.7 Å². The first-order valence-corrected chi connectivity index (χ1v) is 6.57. The van der Waals surface area contributed by atoms with E-state index in [0.717, 1.165) is 23.0 Å². The van der Waals surface area contributed by atoms with Gasteiger partial charge < -0.3 is 10.3 Å². The third-order valence-corrected chi connectivity index (χ3v) is 3.27. The molecule has 2 aromatic heterocycles. The fourth-order valence-corrected chi connectivity index (χ4v) is 2.27. The molecule has 1 amide bonds. The molecule has 0 aliphatic heterocycles. The zero-order chi connectivity index (χ0) is 13.9. The Balaban J connectivity index is 1.66. The Morgan fingerprint density at radius 3 is 3.05 bits per heavy atom. The van der Waals surface area contributed by atoms with E-state index in [2.05, 4.69) is 15.4 Å². The Morgan fingerprint density at radius 2 is 2.25 bits per heavy atom. The van der Waals surface area contributed by atoms with Crippen molar-refractivity contribution in [1.82, 2.24) is 20.1 Å². The van der Waals surface area contributed by atoms with E-state index in [0.29, 0.717) is 12.1 Å². The Kier molecular flexibility index (Phi) is 3.25. The van der Waals surface area contributed by atoms with Gasteiger partial charge in [-0.15, -0.1) is 0 Å². The Bertz CT molecular complexity index is 741. The van der Waals surface area contributed by atoms with Crippen molar-refractivity contribution in [1.29, 1.82) is 0 Å². The van der Waals surface area contributed by atoms with E-state index in [4.69, 9.17) is 0 Å². The summed E-state index contributed by atoms with van der Waals surface area (Å²) in [6.07, 6.45) is 4.47. The molecule has 0 unspecified atom stereocenters. The number of hydrogen-bond donors (Lipinski definition) is 2. The fraction of sp³-hybridized carbons (Fsp3) is 0.200. The minimum Gasteiger partial charge on any atom is -0.361 e. The Labute approximate surface area is 116 Å². The summed E-state index contributed by atoms with van der Waals surface area (Å²) < 4.78 is 1.76. The summed E-state index contributed by atoms with van der Waals surface area (Å²) in [5.74, 6) is -0.0611.